The first kappa shape index (κ1) is 16.4. The van der Waals surface area contributed by atoms with E-state index in [1.54, 1.807) is 11.9 Å². The number of hydrogen-bond acceptors (Lipinski definition) is 9. The summed E-state index contributed by atoms with van der Waals surface area (Å²) in [5, 5.41) is 10.9. The molecule has 11 heteroatoms. The molecular formula is C12H19N5O4S2. The monoisotopic (exact) mass is 361 g/mol. The van der Waals surface area contributed by atoms with Crippen LogP contribution >= 0.6 is 0 Å². The molecule has 2 saturated heterocycles. The van der Waals surface area contributed by atoms with Crippen molar-refractivity contribution >= 4 is 31.4 Å². The van der Waals surface area contributed by atoms with Crippen LogP contribution in [0.5, 0.6) is 0 Å². The molecule has 0 saturated carbocycles. The van der Waals surface area contributed by atoms with E-state index in [9.17, 15) is 16.8 Å². The highest BCUT2D eigenvalue weighted by molar-refractivity contribution is 7.91. The van der Waals surface area contributed by atoms with Crippen molar-refractivity contribution < 1.29 is 16.8 Å². The van der Waals surface area contributed by atoms with Gasteiger partial charge in [0.05, 0.1) is 29.2 Å². The van der Waals surface area contributed by atoms with Crippen LogP contribution in [0, 0.1) is 0 Å². The zero-order valence-corrected chi connectivity index (χ0v) is 14.3. The summed E-state index contributed by atoms with van der Waals surface area (Å²) in [6.07, 6.45) is 2.52. The molecule has 2 aliphatic rings. The smallest absolute Gasteiger partial charge is 0.247 e. The Hall–Kier alpha value is -1.49. The van der Waals surface area contributed by atoms with Gasteiger partial charge in [-0.25, -0.2) is 16.8 Å². The lowest BCUT2D eigenvalue weighted by molar-refractivity contribution is 0.599. The molecule has 0 spiro atoms. The molecule has 3 rings (SSSR count). The van der Waals surface area contributed by atoms with E-state index in [1.807, 2.05) is 0 Å². The number of hydrogen-bond donors (Lipinski definition) is 1. The van der Waals surface area contributed by atoms with Crippen LogP contribution < -0.4 is 10.2 Å². The molecule has 23 heavy (non-hydrogen) atoms. The SMILES string of the molecule is CN(c1nncc(NC2CCS(=O)(=O)C2)n1)C1CCS(=O)(=O)C1. The second-order valence-corrected chi connectivity index (χ2v) is 10.5. The van der Waals surface area contributed by atoms with Crippen molar-refractivity contribution in [1.29, 1.82) is 0 Å². The summed E-state index contributed by atoms with van der Waals surface area (Å²) in [7, 11) is -4.22. The highest BCUT2D eigenvalue weighted by atomic mass is 32.2. The van der Waals surface area contributed by atoms with Crippen molar-refractivity contribution in [2.75, 3.05) is 40.3 Å². The van der Waals surface area contributed by atoms with Gasteiger partial charge in [-0.1, -0.05) is 0 Å². The van der Waals surface area contributed by atoms with Crippen molar-refractivity contribution in [3.63, 3.8) is 0 Å². The minimum absolute atomic E-state index is 0.0864. The lowest BCUT2D eigenvalue weighted by Gasteiger charge is -2.23. The van der Waals surface area contributed by atoms with Crippen LogP contribution in [0.2, 0.25) is 0 Å². The second-order valence-electron chi connectivity index (χ2n) is 6.05. The Morgan fingerprint density at radius 2 is 1.83 bits per heavy atom. The van der Waals surface area contributed by atoms with Gasteiger partial charge in [-0.2, -0.15) is 10.1 Å². The molecule has 3 heterocycles. The maximum atomic E-state index is 11.6. The van der Waals surface area contributed by atoms with Gasteiger partial charge < -0.3 is 10.2 Å². The topological polar surface area (TPSA) is 122 Å². The number of aromatic nitrogens is 3. The molecule has 128 valence electrons. The third kappa shape index (κ3) is 3.89. The maximum absolute atomic E-state index is 11.6. The number of sulfone groups is 2. The standard InChI is InChI=1S/C12H19N5O4S2/c1-17(10-3-5-23(20,21)8-10)12-15-11(6-13-16-12)14-9-2-4-22(18,19)7-9/h6,9-10H,2-5,7-8H2,1H3,(H,14,15,16). The first-order valence-electron chi connectivity index (χ1n) is 7.34. The highest BCUT2D eigenvalue weighted by Gasteiger charge is 2.32. The third-order valence-electron chi connectivity index (χ3n) is 4.20. The van der Waals surface area contributed by atoms with Gasteiger partial charge in [0, 0.05) is 19.1 Å². The first-order valence-corrected chi connectivity index (χ1v) is 11.0. The Balaban J connectivity index is 1.70. The van der Waals surface area contributed by atoms with E-state index in [0.717, 1.165) is 0 Å². The molecular weight excluding hydrogens is 342 g/mol. The van der Waals surface area contributed by atoms with Crippen molar-refractivity contribution in [3.8, 4) is 0 Å². The highest BCUT2D eigenvalue weighted by Crippen LogP contribution is 2.21. The molecule has 0 aliphatic carbocycles. The van der Waals surface area contributed by atoms with E-state index in [2.05, 4.69) is 20.5 Å². The number of nitrogens with zero attached hydrogens (tertiary/aromatic N) is 4. The van der Waals surface area contributed by atoms with Gasteiger partial charge in [-0.15, -0.1) is 5.10 Å². The molecule has 0 radical (unpaired) electrons. The van der Waals surface area contributed by atoms with Gasteiger partial charge in [0.25, 0.3) is 0 Å². The summed E-state index contributed by atoms with van der Waals surface area (Å²) in [5.41, 5.74) is 0. The maximum Gasteiger partial charge on any atom is 0.247 e. The van der Waals surface area contributed by atoms with Crippen molar-refractivity contribution in [2.24, 2.45) is 0 Å². The van der Waals surface area contributed by atoms with Gasteiger partial charge in [0.1, 0.15) is 0 Å². The first-order chi connectivity index (χ1) is 10.7. The van der Waals surface area contributed by atoms with Crippen LogP contribution in [0.25, 0.3) is 0 Å². The van der Waals surface area contributed by atoms with Crippen molar-refractivity contribution in [1.82, 2.24) is 15.2 Å². The molecule has 0 amide bonds. The molecule has 2 atom stereocenters. The zero-order chi connectivity index (χ0) is 16.7. The molecule has 2 fully saturated rings. The predicted octanol–water partition coefficient (Wildman–Crippen LogP) is -0.906. The van der Waals surface area contributed by atoms with Crippen molar-refractivity contribution in [3.05, 3.63) is 6.20 Å². The van der Waals surface area contributed by atoms with Crippen LogP contribution in [-0.2, 0) is 19.7 Å². The molecule has 2 unspecified atom stereocenters. The predicted molar refractivity (Wildman–Crippen MR) is 86.0 cm³/mol. The largest absolute Gasteiger partial charge is 0.365 e. The fourth-order valence-corrected chi connectivity index (χ4v) is 6.32. The Morgan fingerprint density at radius 3 is 2.43 bits per heavy atom. The Bertz CT molecular complexity index is 795. The summed E-state index contributed by atoms with van der Waals surface area (Å²) in [4.78, 5) is 6.04. The quantitative estimate of drug-likeness (QED) is 0.726. The number of rotatable bonds is 4. The second kappa shape index (κ2) is 5.86. The third-order valence-corrected chi connectivity index (χ3v) is 7.72. The van der Waals surface area contributed by atoms with Gasteiger partial charge >= 0.3 is 0 Å². The van der Waals surface area contributed by atoms with Gasteiger partial charge in [-0.05, 0) is 12.8 Å². The fourth-order valence-electron chi connectivity index (χ4n) is 2.88. The summed E-state index contributed by atoms with van der Waals surface area (Å²) in [6.45, 7) is 0. The molecule has 1 aromatic heterocycles. The normalized spacial score (nSPS) is 28.6. The molecule has 9 nitrogen and oxygen atoms in total. The minimum atomic E-state index is -2.99. The van der Waals surface area contributed by atoms with E-state index in [1.165, 1.54) is 6.20 Å². The summed E-state index contributed by atoms with van der Waals surface area (Å²) in [5.74, 6) is 1.31. The lowest BCUT2D eigenvalue weighted by Crippen LogP contribution is -2.34. The van der Waals surface area contributed by atoms with Gasteiger partial charge in [-0.3, -0.25) is 0 Å². The average molecular weight is 361 g/mol. The molecule has 2 aliphatic heterocycles. The van der Waals surface area contributed by atoms with E-state index in [0.29, 0.717) is 24.6 Å². The molecule has 1 aromatic rings. The summed E-state index contributed by atoms with van der Waals surface area (Å²) >= 11 is 0. The number of nitrogens with one attached hydrogen (secondary N) is 1. The lowest BCUT2D eigenvalue weighted by atomic mass is 10.2. The van der Waals surface area contributed by atoms with E-state index in [4.69, 9.17) is 0 Å². The average Bonchev–Trinajstić information content (AvgIpc) is 3.00. The van der Waals surface area contributed by atoms with E-state index in [-0.39, 0.29) is 35.1 Å². The molecule has 0 aromatic carbocycles. The molecule has 0 bridgehead atoms. The summed E-state index contributed by atoms with van der Waals surface area (Å²) < 4.78 is 46.1. The van der Waals surface area contributed by atoms with Crippen molar-refractivity contribution in [2.45, 2.75) is 24.9 Å². The Morgan fingerprint density at radius 1 is 1.13 bits per heavy atom. The van der Waals surface area contributed by atoms with Crippen LogP contribution in [0.15, 0.2) is 6.20 Å². The summed E-state index contributed by atoms with van der Waals surface area (Å²) in [6, 6.07) is -0.342. The molecule has 1 N–H and O–H groups in total. The van der Waals surface area contributed by atoms with Crippen LogP contribution in [0.1, 0.15) is 12.8 Å². The van der Waals surface area contributed by atoms with Crippen LogP contribution in [-0.4, -0.2) is 74.2 Å². The van der Waals surface area contributed by atoms with Gasteiger partial charge in [0.2, 0.25) is 5.95 Å². The fraction of sp³-hybridized carbons (Fsp3) is 0.750. The minimum Gasteiger partial charge on any atom is -0.365 e. The van der Waals surface area contributed by atoms with E-state index >= 15 is 0 Å². The zero-order valence-electron chi connectivity index (χ0n) is 12.7. The Labute approximate surface area is 135 Å². The number of anilines is 2. The van der Waals surface area contributed by atoms with Crippen LogP contribution in [0.4, 0.5) is 11.8 Å². The van der Waals surface area contributed by atoms with E-state index < -0.39 is 19.7 Å². The van der Waals surface area contributed by atoms with Crippen LogP contribution in [0.3, 0.4) is 0 Å². The Kier molecular flexibility index (Phi) is 4.17. The van der Waals surface area contributed by atoms with Gasteiger partial charge in [0.15, 0.2) is 25.5 Å².